The molecule has 118 valence electrons. The van der Waals surface area contributed by atoms with E-state index in [4.69, 9.17) is 0 Å². The van der Waals surface area contributed by atoms with Gasteiger partial charge in [0.15, 0.2) is 5.13 Å². The highest BCUT2D eigenvalue weighted by Gasteiger charge is 2.08. The lowest BCUT2D eigenvalue weighted by Crippen LogP contribution is -2.25. The van der Waals surface area contributed by atoms with Crippen LogP contribution in [0.25, 0.3) is 10.9 Å². The number of fused-ring (bicyclic) bond motifs is 1. The van der Waals surface area contributed by atoms with Crippen molar-refractivity contribution < 1.29 is 4.79 Å². The van der Waals surface area contributed by atoms with Crippen LogP contribution in [0.5, 0.6) is 0 Å². The summed E-state index contributed by atoms with van der Waals surface area (Å²) in [5.74, 6) is -0.124. The minimum absolute atomic E-state index is 0.124. The average Bonchev–Trinajstić information content (AvgIpc) is 2.95. The molecule has 0 radical (unpaired) electrons. The largest absolute Gasteiger partial charge is 0.302 e. The fraction of sp³-hybridized carbons (Fsp3) is 0.267. The first-order chi connectivity index (χ1) is 11.1. The molecule has 2 aromatic heterocycles. The number of carbonyl (C=O) groups excluding carboxylic acids is 1. The highest BCUT2D eigenvalue weighted by atomic mass is 32.1. The van der Waals surface area contributed by atoms with Crippen LogP contribution in [0.3, 0.4) is 0 Å². The van der Waals surface area contributed by atoms with Crippen molar-refractivity contribution in [1.82, 2.24) is 20.0 Å². The number of rotatable bonds is 5. The first-order valence-corrected chi connectivity index (χ1v) is 8.00. The second-order valence-corrected chi connectivity index (χ2v) is 6.30. The van der Waals surface area contributed by atoms with Gasteiger partial charge in [0.1, 0.15) is 5.52 Å². The lowest BCUT2D eigenvalue weighted by atomic mass is 10.2. The maximum absolute atomic E-state index is 12.2. The summed E-state index contributed by atoms with van der Waals surface area (Å²) in [6.45, 7) is 2.28. The van der Waals surface area contributed by atoms with Crippen LogP contribution in [0.1, 0.15) is 17.7 Å². The van der Waals surface area contributed by atoms with Gasteiger partial charge in [0.05, 0.1) is 5.39 Å². The van der Waals surface area contributed by atoms with Crippen molar-refractivity contribution in [2.75, 3.05) is 5.32 Å². The zero-order valence-corrected chi connectivity index (χ0v) is 13.3. The molecule has 0 fully saturated rings. The second-order valence-electron chi connectivity index (χ2n) is 5.06. The first kappa shape index (κ1) is 15.3. The van der Waals surface area contributed by atoms with Crippen LogP contribution in [-0.4, -0.2) is 25.9 Å². The molecule has 0 saturated heterocycles. The molecule has 0 aliphatic carbocycles. The van der Waals surface area contributed by atoms with E-state index in [9.17, 15) is 9.59 Å². The van der Waals surface area contributed by atoms with E-state index in [0.29, 0.717) is 35.4 Å². The van der Waals surface area contributed by atoms with Crippen LogP contribution in [0, 0.1) is 6.92 Å². The number of nitrogens with zero attached hydrogens (tertiary/aromatic N) is 4. The van der Waals surface area contributed by atoms with E-state index in [1.165, 1.54) is 16.0 Å². The van der Waals surface area contributed by atoms with Crippen LogP contribution < -0.4 is 10.9 Å². The summed E-state index contributed by atoms with van der Waals surface area (Å²) in [4.78, 5) is 29.2. The molecule has 0 unspecified atom stereocenters. The summed E-state index contributed by atoms with van der Waals surface area (Å²) >= 11 is 1.43. The average molecular weight is 329 g/mol. The molecule has 0 bridgehead atoms. The van der Waals surface area contributed by atoms with E-state index < -0.39 is 0 Å². The van der Waals surface area contributed by atoms with Gasteiger partial charge in [0.2, 0.25) is 5.91 Å². The topological polar surface area (TPSA) is 89.8 Å². The molecule has 1 amide bonds. The van der Waals surface area contributed by atoms with Crippen molar-refractivity contribution in [2.45, 2.75) is 26.3 Å². The lowest BCUT2D eigenvalue weighted by Gasteiger charge is -2.05. The SMILES string of the molecule is Cc1cnc(NC(=O)CCCn2nnc3ccccc3c2=O)s1. The molecule has 23 heavy (non-hydrogen) atoms. The van der Waals surface area contributed by atoms with Gasteiger partial charge in [0, 0.05) is 24.0 Å². The summed E-state index contributed by atoms with van der Waals surface area (Å²) in [7, 11) is 0. The molecular formula is C15H15N5O2S. The van der Waals surface area contributed by atoms with Crippen molar-refractivity contribution in [3.63, 3.8) is 0 Å². The molecule has 2 heterocycles. The monoisotopic (exact) mass is 329 g/mol. The zero-order valence-electron chi connectivity index (χ0n) is 12.5. The molecule has 1 N–H and O–H groups in total. The normalized spacial score (nSPS) is 10.8. The Kier molecular flexibility index (Phi) is 4.42. The summed E-state index contributed by atoms with van der Waals surface area (Å²) in [6.07, 6.45) is 2.51. The van der Waals surface area contributed by atoms with Crippen LogP contribution in [0.4, 0.5) is 5.13 Å². The van der Waals surface area contributed by atoms with E-state index >= 15 is 0 Å². The van der Waals surface area contributed by atoms with Gasteiger partial charge in [-0.1, -0.05) is 17.3 Å². The maximum atomic E-state index is 12.2. The molecule has 0 spiro atoms. The Hall–Kier alpha value is -2.61. The van der Waals surface area contributed by atoms with Gasteiger partial charge in [0.25, 0.3) is 5.56 Å². The third kappa shape index (κ3) is 3.59. The van der Waals surface area contributed by atoms with Gasteiger partial charge < -0.3 is 5.32 Å². The van der Waals surface area contributed by atoms with Gasteiger partial charge in [-0.3, -0.25) is 9.59 Å². The molecular weight excluding hydrogens is 314 g/mol. The number of aromatic nitrogens is 4. The van der Waals surface area contributed by atoms with Gasteiger partial charge in [-0.15, -0.1) is 16.4 Å². The van der Waals surface area contributed by atoms with Crippen LogP contribution in [0.2, 0.25) is 0 Å². The van der Waals surface area contributed by atoms with Crippen LogP contribution in [-0.2, 0) is 11.3 Å². The Labute approximate surface area is 136 Å². The van der Waals surface area contributed by atoms with E-state index in [0.717, 1.165) is 4.88 Å². The highest BCUT2D eigenvalue weighted by Crippen LogP contribution is 2.16. The molecule has 1 aromatic carbocycles. The van der Waals surface area contributed by atoms with Crippen molar-refractivity contribution in [3.05, 3.63) is 45.7 Å². The molecule has 8 heteroatoms. The molecule has 3 rings (SSSR count). The Morgan fingerprint density at radius 1 is 1.35 bits per heavy atom. The molecule has 3 aromatic rings. The molecule has 0 saturated carbocycles. The quantitative estimate of drug-likeness (QED) is 0.773. The highest BCUT2D eigenvalue weighted by molar-refractivity contribution is 7.15. The van der Waals surface area contributed by atoms with Crippen molar-refractivity contribution in [2.24, 2.45) is 0 Å². The van der Waals surface area contributed by atoms with Crippen LogP contribution >= 0.6 is 11.3 Å². The number of benzene rings is 1. The number of nitrogens with one attached hydrogen (secondary N) is 1. The van der Waals surface area contributed by atoms with Crippen molar-refractivity contribution in [1.29, 1.82) is 0 Å². The predicted octanol–water partition coefficient (Wildman–Crippen LogP) is 1.98. The van der Waals surface area contributed by atoms with E-state index in [1.807, 2.05) is 13.0 Å². The van der Waals surface area contributed by atoms with E-state index in [2.05, 4.69) is 20.6 Å². The van der Waals surface area contributed by atoms with Gasteiger partial charge in [-0.25, -0.2) is 9.67 Å². The predicted molar refractivity (Wildman–Crippen MR) is 88.5 cm³/mol. The minimum Gasteiger partial charge on any atom is -0.302 e. The summed E-state index contributed by atoms with van der Waals surface area (Å²) < 4.78 is 1.29. The third-order valence-electron chi connectivity index (χ3n) is 3.27. The number of anilines is 1. The summed E-state index contributed by atoms with van der Waals surface area (Å²) in [5, 5.41) is 11.8. The number of carbonyl (C=O) groups is 1. The Morgan fingerprint density at radius 3 is 2.96 bits per heavy atom. The second kappa shape index (κ2) is 6.66. The zero-order chi connectivity index (χ0) is 16.2. The maximum Gasteiger partial charge on any atom is 0.277 e. The minimum atomic E-state index is -0.188. The smallest absolute Gasteiger partial charge is 0.277 e. The standard InChI is InChI=1S/C15H15N5O2S/c1-10-9-16-15(23-10)17-13(21)7-4-8-20-14(22)11-5-2-3-6-12(11)18-19-20/h2-3,5-6,9H,4,7-8H2,1H3,(H,16,17,21). The van der Waals surface area contributed by atoms with Gasteiger partial charge >= 0.3 is 0 Å². The lowest BCUT2D eigenvalue weighted by molar-refractivity contribution is -0.116. The van der Waals surface area contributed by atoms with Gasteiger partial charge in [-0.2, -0.15) is 0 Å². The molecule has 0 aliphatic rings. The van der Waals surface area contributed by atoms with Crippen molar-refractivity contribution >= 4 is 33.3 Å². The van der Waals surface area contributed by atoms with E-state index in [-0.39, 0.29) is 11.5 Å². The van der Waals surface area contributed by atoms with Gasteiger partial charge in [-0.05, 0) is 25.5 Å². The fourth-order valence-corrected chi connectivity index (χ4v) is 2.83. The number of amides is 1. The Morgan fingerprint density at radius 2 is 2.17 bits per heavy atom. The molecule has 0 aliphatic heterocycles. The fourth-order valence-electron chi connectivity index (χ4n) is 2.15. The third-order valence-corrected chi connectivity index (χ3v) is 4.10. The number of hydrogen-bond donors (Lipinski definition) is 1. The molecule has 7 nitrogen and oxygen atoms in total. The van der Waals surface area contributed by atoms with Crippen LogP contribution in [0.15, 0.2) is 35.3 Å². The van der Waals surface area contributed by atoms with Crippen molar-refractivity contribution in [3.8, 4) is 0 Å². The molecule has 0 atom stereocenters. The number of hydrogen-bond acceptors (Lipinski definition) is 6. The summed E-state index contributed by atoms with van der Waals surface area (Å²) in [5.41, 5.74) is 0.386. The summed E-state index contributed by atoms with van der Waals surface area (Å²) in [6, 6.07) is 7.07. The number of aryl methyl sites for hydroxylation is 2. The number of thiazole rings is 1. The van der Waals surface area contributed by atoms with E-state index in [1.54, 1.807) is 24.4 Å². The Balaban J connectivity index is 1.59. The first-order valence-electron chi connectivity index (χ1n) is 7.18. The Bertz CT molecular complexity index is 902.